The van der Waals surface area contributed by atoms with Crippen molar-refractivity contribution in [2.45, 2.75) is 39.7 Å². The Balaban J connectivity index is 2.77. The molecule has 0 unspecified atom stereocenters. The molecule has 0 aliphatic rings. The Bertz CT molecular complexity index is 373. The quantitative estimate of drug-likeness (QED) is 0.840. The summed E-state index contributed by atoms with van der Waals surface area (Å²) >= 11 is 0. The lowest BCUT2D eigenvalue weighted by Crippen LogP contribution is -2.36. The summed E-state index contributed by atoms with van der Waals surface area (Å²) in [6.07, 6.45) is 5.01. The van der Waals surface area contributed by atoms with Crippen molar-refractivity contribution in [1.82, 2.24) is 14.9 Å². The van der Waals surface area contributed by atoms with Crippen LogP contribution < -0.4 is 5.32 Å². The van der Waals surface area contributed by atoms with Crippen LogP contribution in [0.3, 0.4) is 0 Å². The van der Waals surface area contributed by atoms with Gasteiger partial charge < -0.3 is 10.2 Å². The molecule has 0 spiro atoms. The highest BCUT2D eigenvalue weighted by Crippen LogP contribution is 2.10. The van der Waals surface area contributed by atoms with Crippen LogP contribution >= 0.6 is 0 Å². The minimum absolute atomic E-state index is 0.0701. The molecule has 18 heavy (non-hydrogen) atoms. The molecule has 0 fully saturated rings. The SMILES string of the molecule is CCNc1cnc(C(=O)N(C)C(CC)CC)cn1. The molecule has 0 saturated carbocycles. The zero-order valence-electron chi connectivity index (χ0n) is 11.6. The highest BCUT2D eigenvalue weighted by atomic mass is 16.2. The molecule has 0 aliphatic heterocycles. The van der Waals surface area contributed by atoms with Crippen LogP contribution in [0.1, 0.15) is 44.1 Å². The molecule has 1 amide bonds. The van der Waals surface area contributed by atoms with Crippen molar-refractivity contribution in [3.63, 3.8) is 0 Å². The zero-order chi connectivity index (χ0) is 13.5. The van der Waals surface area contributed by atoms with E-state index in [1.807, 2.05) is 14.0 Å². The molecule has 1 aromatic rings. The van der Waals surface area contributed by atoms with Crippen molar-refractivity contribution < 1.29 is 4.79 Å². The second-order valence-electron chi connectivity index (χ2n) is 4.20. The fourth-order valence-corrected chi connectivity index (χ4v) is 1.89. The lowest BCUT2D eigenvalue weighted by molar-refractivity contribution is 0.0717. The largest absolute Gasteiger partial charge is 0.369 e. The Morgan fingerprint density at radius 2 is 1.94 bits per heavy atom. The lowest BCUT2D eigenvalue weighted by Gasteiger charge is -2.25. The number of nitrogens with zero attached hydrogens (tertiary/aromatic N) is 3. The van der Waals surface area contributed by atoms with Gasteiger partial charge in [-0.15, -0.1) is 0 Å². The third kappa shape index (κ3) is 3.42. The highest BCUT2D eigenvalue weighted by molar-refractivity contribution is 5.92. The van der Waals surface area contributed by atoms with Crippen molar-refractivity contribution in [1.29, 1.82) is 0 Å². The molecular formula is C13H22N4O. The summed E-state index contributed by atoms with van der Waals surface area (Å²) < 4.78 is 0. The minimum Gasteiger partial charge on any atom is -0.369 e. The first-order valence-corrected chi connectivity index (χ1v) is 6.47. The number of rotatable bonds is 6. The first-order valence-electron chi connectivity index (χ1n) is 6.47. The molecule has 5 heteroatoms. The van der Waals surface area contributed by atoms with Crippen LogP contribution in [0.4, 0.5) is 5.82 Å². The Kier molecular flexibility index (Phi) is 5.55. The maximum atomic E-state index is 12.2. The van der Waals surface area contributed by atoms with Gasteiger partial charge in [-0.3, -0.25) is 4.79 Å². The lowest BCUT2D eigenvalue weighted by atomic mass is 10.1. The number of carbonyl (C=O) groups is 1. The Labute approximate surface area is 109 Å². The number of carbonyl (C=O) groups excluding carboxylic acids is 1. The van der Waals surface area contributed by atoms with Crippen LogP contribution in [0.15, 0.2) is 12.4 Å². The Hall–Kier alpha value is -1.65. The van der Waals surface area contributed by atoms with Crippen LogP contribution in [-0.2, 0) is 0 Å². The second kappa shape index (κ2) is 6.93. The van der Waals surface area contributed by atoms with Crippen LogP contribution in [0.5, 0.6) is 0 Å². The van der Waals surface area contributed by atoms with Crippen LogP contribution in [0.2, 0.25) is 0 Å². The summed E-state index contributed by atoms with van der Waals surface area (Å²) in [6, 6.07) is 0.257. The molecule has 0 aromatic carbocycles. The summed E-state index contributed by atoms with van der Waals surface area (Å²) in [5, 5.41) is 3.05. The van der Waals surface area contributed by atoms with Gasteiger partial charge in [0.25, 0.3) is 5.91 Å². The average molecular weight is 250 g/mol. The van der Waals surface area contributed by atoms with E-state index in [0.717, 1.165) is 19.4 Å². The maximum absolute atomic E-state index is 12.2. The van der Waals surface area contributed by atoms with Gasteiger partial charge >= 0.3 is 0 Å². The number of anilines is 1. The summed E-state index contributed by atoms with van der Waals surface area (Å²) in [5.41, 5.74) is 0.394. The van der Waals surface area contributed by atoms with Gasteiger partial charge in [0, 0.05) is 19.6 Å². The molecule has 0 radical (unpaired) electrons. The van der Waals surface area contributed by atoms with Gasteiger partial charge in [0.1, 0.15) is 11.5 Å². The molecule has 0 aliphatic carbocycles. The van der Waals surface area contributed by atoms with E-state index in [2.05, 4.69) is 29.1 Å². The van der Waals surface area contributed by atoms with Gasteiger partial charge in [-0.2, -0.15) is 0 Å². The summed E-state index contributed by atoms with van der Waals surface area (Å²) in [5.74, 6) is 0.624. The smallest absolute Gasteiger partial charge is 0.274 e. The first kappa shape index (κ1) is 14.4. The number of amides is 1. The Morgan fingerprint density at radius 1 is 1.28 bits per heavy atom. The van der Waals surface area contributed by atoms with E-state index in [0.29, 0.717) is 11.5 Å². The van der Waals surface area contributed by atoms with E-state index in [1.54, 1.807) is 11.1 Å². The second-order valence-corrected chi connectivity index (χ2v) is 4.20. The van der Waals surface area contributed by atoms with Gasteiger partial charge in [0.2, 0.25) is 0 Å². The van der Waals surface area contributed by atoms with E-state index in [9.17, 15) is 4.79 Å². The first-order chi connectivity index (χ1) is 8.63. The van der Waals surface area contributed by atoms with Crippen molar-refractivity contribution in [3.8, 4) is 0 Å². The van der Waals surface area contributed by atoms with Crippen LogP contribution in [0.25, 0.3) is 0 Å². The molecule has 1 heterocycles. The average Bonchev–Trinajstić information content (AvgIpc) is 2.40. The van der Waals surface area contributed by atoms with Gasteiger partial charge in [-0.05, 0) is 19.8 Å². The van der Waals surface area contributed by atoms with Crippen molar-refractivity contribution in [2.24, 2.45) is 0 Å². The predicted octanol–water partition coefficient (Wildman–Crippen LogP) is 2.17. The molecule has 1 N–H and O–H groups in total. The van der Waals surface area contributed by atoms with E-state index < -0.39 is 0 Å². The fraction of sp³-hybridized carbons (Fsp3) is 0.615. The van der Waals surface area contributed by atoms with Gasteiger partial charge in [0.05, 0.1) is 12.4 Å². The summed E-state index contributed by atoms with van der Waals surface area (Å²) in [4.78, 5) is 22.2. The third-order valence-electron chi connectivity index (χ3n) is 3.04. The van der Waals surface area contributed by atoms with Crippen LogP contribution in [0, 0.1) is 0 Å². The minimum atomic E-state index is -0.0701. The monoisotopic (exact) mass is 250 g/mol. The maximum Gasteiger partial charge on any atom is 0.274 e. The summed E-state index contributed by atoms with van der Waals surface area (Å²) in [7, 11) is 1.82. The molecule has 1 aromatic heterocycles. The highest BCUT2D eigenvalue weighted by Gasteiger charge is 2.19. The van der Waals surface area contributed by atoms with Gasteiger partial charge in [-0.1, -0.05) is 13.8 Å². The standard InChI is InChI=1S/C13H22N4O/c1-5-10(6-2)17(4)13(18)11-8-16-12(9-15-11)14-7-3/h8-10H,5-7H2,1-4H3,(H,14,16). The normalized spacial score (nSPS) is 10.5. The van der Waals surface area contributed by atoms with Gasteiger partial charge in [-0.25, -0.2) is 9.97 Å². The molecule has 100 valence electrons. The van der Waals surface area contributed by atoms with E-state index >= 15 is 0 Å². The number of hydrogen-bond acceptors (Lipinski definition) is 4. The number of aromatic nitrogens is 2. The predicted molar refractivity (Wildman–Crippen MR) is 72.7 cm³/mol. The third-order valence-corrected chi connectivity index (χ3v) is 3.04. The molecule has 0 saturated heterocycles. The van der Waals surface area contributed by atoms with E-state index in [-0.39, 0.29) is 11.9 Å². The zero-order valence-corrected chi connectivity index (χ0v) is 11.6. The molecule has 0 bridgehead atoms. The molecule has 1 rings (SSSR count). The van der Waals surface area contributed by atoms with Gasteiger partial charge in [0.15, 0.2) is 0 Å². The van der Waals surface area contributed by atoms with Crippen molar-refractivity contribution in [3.05, 3.63) is 18.1 Å². The van der Waals surface area contributed by atoms with E-state index in [1.165, 1.54) is 6.20 Å². The number of nitrogens with one attached hydrogen (secondary N) is 1. The number of hydrogen-bond donors (Lipinski definition) is 1. The van der Waals surface area contributed by atoms with E-state index in [4.69, 9.17) is 0 Å². The molecule has 0 atom stereocenters. The fourth-order valence-electron chi connectivity index (χ4n) is 1.89. The van der Waals surface area contributed by atoms with Crippen LogP contribution in [-0.4, -0.2) is 40.4 Å². The van der Waals surface area contributed by atoms with Crippen molar-refractivity contribution in [2.75, 3.05) is 18.9 Å². The topological polar surface area (TPSA) is 58.1 Å². The Morgan fingerprint density at radius 3 is 2.39 bits per heavy atom. The molecule has 5 nitrogen and oxygen atoms in total. The molecular weight excluding hydrogens is 228 g/mol. The van der Waals surface area contributed by atoms with Crippen molar-refractivity contribution >= 4 is 11.7 Å². The summed E-state index contributed by atoms with van der Waals surface area (Å²) in [6.45, 7) is 6.94.